The van der Waals surface area contributed by atoms with Gasteiger partial charge in [0.2, 0.25) is 0 Å². The molecule has 5 nitrogen and oxygen atoms in total. The number of carbonyl (C=O) groups is 2. The lowest BCUT2D eigenvalue weighted by atomic mass is 10.2. The number of aromatic carboxylic acids is 1. The summed E-state index contributed by atoms with van der Waals surface area (Å²) in [7, 11) is 0. The predicted octanol–water partition coefficient (Wildman–Crippen LogP) is 3.08. The third-order valence-electron chi connectivity index (χ3n) is 2.23. The number of nitrogens with one attached hydrogen (secondary N) is 2. The Balaban J connectivity index is 2.53. The fourth-order valence-electron chi connectivity index (χ4n) is 1.37. The van der Waals surface area contributed by atoms with Gasteiger partial charge in [0, 0.05) is 23.1 Å². The zero-order valence-corrected chi connectivity index (χ0v) is 12.3. The lowest BCUT2D eigenvalue weighted by Gasteiger charge is -2.10. The van der Waals surface area contributed by atoms with E-state index >= 15 is 0 Å². The van der Waals surface area contributed by atoms with E-state index in [0.717, 1.165) is 11.5 Å². The van der Waals surface area contributed by atoms with E-state index in [4.69, 9.17) is 16.7 Å². The summed E-state index contributed by atoms with van der Waals surface area (Å²) in [4.78, 5) is 22.7. The molecule has 0 heterocycles. The van der Waals surface area contributed by atoms with Crippen LogP contribution in [0, 0.1) is 0 Å². The monoisotopic (exact) mass is 314 g/mol. The van der Waals surface area contributed by atoms with Gasteiger partial charge in [-0.2, -0.15) is 11.8 Å². The molecule has 1 aromatic rings. The summed E-state index contributed by atoms with van der Waals surface area (Å²) in [6, 6.07) is 3.81. The van der Waals surface area contributed by atoms with Crippen molar-refractivity contribution < 1.29 is 14.7 Å². The van der Waals surface area contributed by atoms with Gasteiger partial charge in [0.05, 0.1) is 11.3 Å². The highest BCUT2D eigenvalue weighted by Gasteiger charge is 2.12. The van der Waals surface area contributed by atoms with Crippen LogP contribution in [0.2, 0.25) is 5.02 Å². The Morgan fingerprint density at radius 3 is 2.85 bits per heavy atom. The minimum atomic E-state index is -1.15. The number of rotatable bonds is 7. The smallest absolute Gasteiger partial charge is 0.337 e. The molecule has 2 amide bonds. The number of anilines is 1. The third-order valence-corrected chi connectivity index (χ3v) is 3.43. The predicted molar refractivity (Wildman–Crippen MR) is 83.0 cm³/mol. The zero-order chi connectivity index (χ0) is 15.0. The Morgan fingerprint density at radius 2 is 2.20 bits per heavy atom. The Kier molecular flexibility index (Phi) is 6.97. The number of urea groups is 1. The SMILES string of the molecule is C=CCSCCNC(=O)Nc1ccc(Cl)cc1C(=O)O. The van der Waals surface area contributed by atoms with Gasteiger partial charge in [-0.1, -0.05) is 17.7 Å². The summed E-state index contributed by atoms with van der Waals surface area (Å²) < 4.78 is 0. The number of carboxylic acid groups (broad SMARTS) is 1. The Bertz CT molecular complexity index is 508. The van der Waals surface area contributed by atoms with Gasteiger partial charge in [0.15, 0.2) is 0 Å². The lowest BCUT2D eigenvalue weighted by Crippen LogP contribution is -2.31. The molecule has 0 unspecified atom stereocenters. The largest absolute Gasteiger partial charge is 0.478 e. The zero-order valence-electron chi connectivity index (χ0n) is 10.7. The van der Waals surface area contributed by atoms with E-state index < -0.39 is 12.0 Å². The first-order chi connectivity index (χ1) is 9.54. The highest BCUT2D eigenvalue weighted by atomic mass is 35.5. The number of halogens is 1. The minimum absolute atomic E-state index is 0.0475. The quantitative estimate of drug-likeness (QED) is 0.534. The van der Waals surface area contributed by atoms with Crippen molar-refractivity contribution in [2.75, 3.05) is 23.4 Å². The molecule has 0 aliphatic heterocycles. The minimum Gasteiger partial charge on any atom is -0.478 e. The molecule has 0 bridgehead atoms. The molecule has 1 aromatic carbocycles. The van der Waals surface area contributed by atoms with E-state index in [9.17, 15) is 9.59 Å². The second-order valence-corrected chi connectivity index (χ2v) is 5.33. The molecular weight excluding hydrogens is 300 g/mol. The van der Waals surface area contributed by atoms with Gasteiger partial charge >= 0.3 is 12.0 Å². The molecular formula is C13H15ClN2O3S. The van der Waals surface area contributed by atoms with Gasteiger partial charge in [-0.05, 0) is 18.2 Å². The van der Waals surface area contributed by atoms with Crippen LogP contribution in [0.5, 0.6) is 0 Å². The lowest BCUT2D eigenvalue weighted by molar-refractivity contribution is 0.0698. The Labute approximate surface area is 126 Å². The van der Waals surface area contributed by atoms with Crippen LogP contribution in [-0.2, 0) is 0 Å². The van der Waals surface area contributed by atoms with Gasteiger partial charge in [-0.15, -0.1) is 6.58 Å². The molecule has 0 fully saturated rings. The molecule has 0 radical (unpaired) electrons. The number of thioether (sulfide) groups is 1. The van der Waals surface area contributed by atoms with E-state index in [1.54, 1.807) is 17.8 Å². The highest BCUT2D eigenvalue weighted by Crippen LogP contribution is 2.20. The van der Waals surface area contributed by atoms with Gasteiger partial charge in [-0.25, -0.2) is 9.59 Å². The van der Waals surface area contributed by atoms with Crippen LogP contribution >= 0.6 is 23.4 Å². The summed E-state index contributed by atoms with van der Waals surface area (Å²) in [5, 5.41) is 14.5. The summed E-state index contributed by atoms with van der Waals surface area (Å²) in [5.41, 5.74) is 0.159. The maximum absolute atomic E-state index is 11.6. The van der Waals surface area contributed by atoms with Crippen molar-refractivity contribution in [3.05, 3.63) is 41.4 Å². The van der Waals surface area contributed by atoms with Crippen molar-refractivity contribution in [2.24, 2.45) is 0 Å². The average molecular weight is 315 g/mol. The average Bonchev–Trinajstić information content (AvgIpc) is 2.40. The molecule has 0 saturated heterocycles. The van der Waals surface area contributed by atoms with E-state index in [0.29, 0.717) is 11.6 Å². The highest BCUT2D eigenvalue weighted by molar-refractivity contribution is 7.99. The summed E-state index contributed by atoms with van der Waals surface area (Å²) in [5.74, 6) is 0.430. The van der Waals surface area contributed by atoms with Gasteiger partial charge in [0.25, 0.3) is 0 Å². The van der Waals surface area contributed by atoms with Crippen molar-refractivity contribution in [3.63, 3.8) is 0 Å². The van der Waals surface area contributed by atoms with Crippen LogP contribution in [0.1, 0.15) is 10.4 Å². The van der Waals surface area contributed by atoms with Gasteiger partial charge in [-0.3, -0.25) is 0 Å². The number of carboxylic acids is 1. The van der Waals surface area contributed by atoms with Crippen LogP contribution in [0.25, 0.3) is 0 Å². The fraction of sp³-hybridized carbons (Fsp3) is 0.231. The topological polar surface area (TPSA) is 78.4 Å². The number of amides is 2. The Hall–Kier alpha value is -1.66. The van der Waals surface area contributed by atoms with Crippen LogP contribution in [-0.4, -0.2) is 35.2 Å². The number of benzene rings is 1. The maximum atomic E-state index is 11.6. The molecule has 0 spiro atoms. The van der Waals surface area contributed by atoms with E-state index in [1.165, 1.54) is 18.2 Å². The molecule has 7 heteroatoms. The number of hydrogen-bond acceptors (Lipinski definition) is 3. The molecule has 1 rings (SSSR count). The van der Waals surface area contributed by atoms with Crippen molar-refractivity contribution in [2.45, 2.75) is 0 Å². The van der Waals surface area contributed by atoms with Crippen LogP contribution in [0.15, 0.2) is 30.9 Å². The summed E-state index contributed by atoms with van der Waals surface area (Å²) in [6.07, 6.45) is 1.79. The van der Waals surface area contributed by atoms with Crippen LogP contribution < -0.4 is 10.6 Å². The number of carbonyl (C=O) groups excluding carboxylic acids is 1. The van der Waals surface area contributed by atoms with Crippen molar-refractivity contribution in [3.8, 4) is 0 Å². The summed E-state index contributed by atoms with van der Waals surface area (Å²) in [6.45, 7) is 4.08. The normalized spacial score (nSPS) is 9.85. The van der Waals surface area contributed by atoms with E-state index in [2.05, 4.69) is 17.2 Å². The summed E-state index contributed by atoms with van der Waals surface area (Å²) >= 11 is 7.37. The molecule has 0 aliphatic carbocycles. The second kappa shape index (κ2) is 8.50. The van der Waals surface area contributed by atoms with Crippen molar-refractivity contribution in [1.29, 1.82) is 0 Å². The molecule has 0 aliphatic rings. The van der Waals surface area contributed by atoms with Crippen LogP contribution in [0.3, 0.4) is 0 Å². The van der Waals surface area contributed by atoms with E-state index in [-0.39, 0.29) is 11.3 Å². The maximum Gasteiger partial charge on any atom is 0.337 e. The first-order valence-electron chi connectivity index (χ1n) is 5.81. The molecule has 0 saturated carbocycles. The second-order valence-electron chi connectivity index (χ2n) is 3.74. The molecule has 0 atom stereocenters. The van der Waals surface area contributed by atoms with Crippen molar-refractivity contribution in [1.82, 2.24) is 5.32 Å². The fourth-order valence-corrected chi connectivity index (χ4v) is 2.12. The molecule has 20 heavy (non-hydrogen) atoms. The van der Waals surface area contributed by atoms with Gasteiger partial charge in [0.1, 0.15) is 0 Å². The third kappa shape index (κ3) is 5.54. The first kappa shape index (κ1) is 16.4. The number of hydrogen-bond donors (Lipinski definition) is 3. The van der Waals surface area contributed by atoms with E-state index in [1.807, 2.05) is 0 Å². The first-order valence-corrected chi connectivity index (χ1v) is 7.34. The van der Waals surface area contributed by atoms with Crippen LogP contribution in [0.4, 0.5) is 10.5 Å². The standard InChI is InChI=1S/C13H15ClN2O3S/c1-2-6-20-7-5-15-13(19)16-11-4-3-9(14)8-10(11)12(17)18/h2-4,8H,1,5-7H2,(H,17,18)(H2,15,16,19). The molecule has 3 N–H and O–H groups in total. The van der Waals surface area contributed by atoms with Gasteiger partial charge < -0.3 is 15.7 Å². The Morgan fingerprint density at radius 1 is 1.45 bits per heavy atom. The molecule has 0 aromatic heterocycles. The molecule has 108 valence electrons. The van der Waals surface area contributed by atoms with Crippen molar-refractivity contribution >= 4 is 41.1 Å².